The van der Waals surface area contributed by atoms with Gasteiger partial charge in [0.25, 0.3) is 0 Å². The van der Waals surface area contributed by atoms with E-state index in [0.717, 1.165) is 17.7 Å². The highest BCUT2D eigenvalue weighted by Gasteiger charge is 2.35. The highest BCUT2D eigenvalue weighted by atomic mass is 32.2. The summed E-state index contributed by atoms with van der Waals surface area (Å²) >= 11 is 0. The van der Waals surface area contributed by atoms with Crippen molar-refractivity contribution in [1.29, 1.82) is 0 Å². The van der Waals surface area contributed by atoms with E-state index in [9.17, 15) is 17.8 Å². The summed E-state index contributed by atoms with van der Waals surface area (Å²) in [6.07, 6.45) is 3.40. The molecule has 1 aliphatic heterocycles. The first kappa shape index (κ1) is 21.2. The van der Waals surface area contributed by atoms with Crippen LogP contribution in [0.4, 0.5) is 0 Å². The van der Waals surface area contributed by atoms with E-state index < -0.39 is 10.1 Å². The number of hydrogen-bond acceptors (Lipinski definition) is 4. The van der Waals surface area contributed by atoms with Crippen molar-refractivity contribution in [3.63, 3.8) is 0 Å². The SMILES string of the molecule is CCC(=O)C[S+]1CCCC(C)(C)C1.Cc1ccc(S(=O)(=O)[O-])cc1. The van der Waals surface area contributed by atoms with Crippen LogP contribution in [-0.4, -0.2) is 36.0 Å². The van der Waals surface area contributed by atoms with Crippen molar-refractivity contribution in [2.75, 3.05) is 17.3 Å². The summed E-state index contributed by atoms with van der Waals surface area (Å²) in [5.74, 6) is 3.90. The van der Waals surface area contributed by atoms with Gasteiger partial charge in [-0.15, -0.1) is 0 Å². The predicted molar refractivity (Wildman–Crippen MR) is 99.4 cm³/mol. The first-order valence-electron chi connectivity index (χ1n) is 8.22. The summed E-state index contributed by atoms with van der Waals surface area (Å²) in [4.78, 5) is 11.1. The Hall–Kier alpha value is -0.850. The van der Waals surface area contributed by atoms with Crippen LogP contribution in [0.3, 0.4) is 0 Å². The minimum Gasteiger partial charge on any atom is -0.744 e. The molecule has 0 aromatic heterocycles. The summed E-state index contributed by atoms with van der Waals surface area (Å²) in [6.45, 7) is 8.47. The van der Waals surface area contributed by atoms with Crippen molar-refractivity contribution in [1.82, 2.24) is 0 Å². The van der Waals surface area contributed by atoms with Crippen LogP contribution in [0.1, 0.15) is 45.6 Å². The highest BCUT2D eigenvalue weighted by Crippen LogP contribution is 2.31. The molecule has 0 aliphatic carbocycles. The van der Waals surface area contributed by atoms with E-state index in [4.69, 9.17) is 0 Å². The second-order valence-corrected chi connectivity index (χ2v) is 10.6. The molecule has 0 saturated carbocycles. The van der Waals surface area contributed by atoms with Gasteiger partial charge >= 0.3 is 0 Å². The van der Waals surface area contributed by atoms with Gasteiger partial charge in [-0.3, -0.25) is 4.79 Å². The second kappa shape index (κ2) is 9.02. The zero-order valence-corrected chi connectivity index (χ0v) is 16.6. The lowest BCUT2D eigenvalue weighted by atomic mass is 9.90. The molecule has 1 aromatic carbocycles. The molecule has 1 atom stereocenters. The Morgan fingerprint density at radius 3 is 2.29 bits per heavy atom. The van der Waals surface area contributed by atoms with Crippen molar-refractivity contribution in [2.24, 2.45) is 5.41 Å². The average Bonchev–Trinajstić information content (AvgIpc) is 2.46. The molecule has 2 rings (SSSR count). The number of aryl methyl sites for hydroxylation is 1. The molecule has 1 fully saturated rings. The molecule has 0 N–H and O–H groups in total. The Bertz CT molecular complexity index is 633. The van der Waals surface area contributed by atoms with Crippen LogP contribution in [0.15, 0.2) is 29.2 Å². The van der Waals surface area contributed by atoms with Crippen LogP contribution in [0.5, 0.6) is 0 Å². The van der Waals surface area contributed by atoms with Gasteiger partial charge in [-0.25, -0.2) is 8.42 Å². The van der Waals surface area contributed by atoms with Gasteiger partial charge in [0.05, 0.1) is 4.90 Å². The van der Waals surface area contributed by atoms with Gasteiger partial charge in [-0.2, -0.15) is 0 Å². The number of rotatable bonds is 4. The molecule has 0 spiro atoms. The maximum Gasteiger partial charge on any atom is 0.181 e. The molecule has 0 amide bonds. The fourth-order valence-corrected chi connectivity index (χ4v) is 5.93. The number of carbonyl (C=O) groups excluding carboxylic acids is 1. The van der Waals surface area contributed by atoms with Gasteiger partial charge in [-0.1, -0.05) is 38.5 Å². The zero-order chi connectivity index (χ0) is 18.4. The first-order chi connectivity index (χ1) is 11.0. The van der Waals surface area contributed by atoms with Crippen molar-refractivity contribution >= 4 is 26.8 Å². The van der Waals surface area contributed by atoms with Gasteiger partial charge in [-0.05, 0) is 42.8 Å². The number of carbonyl (C=O) groups is 1. The third kappa shape index (κ3) is 7.81. The Morgan fingerprint density at radius 2 is 1.83 bits per heavy atom. The molecule has 136 valence electrons. The summed E-state index contributed by atoms with van der Waals surface area (Å²) in [7, 11) is -3.86. The molecular formula is C18H28O4S2. The lowest BCUT2D eigenvalue weighted by Gasteiger charge is -2.28. The number of ketones is 1. The summed E-state index contributed by atoms with van der Waals surface area (Å²) in [5.41, 5.74) is 1.42. The molecule has 4 nitrogen and oxygen atoms in total. The molecular weight excluding hydrogens is 344 g/mol. The lowest BCUT2D eigenvalue weighted by Crippen LogP contribution is -2.35. The maximum absolute atomic E-state index is 11.3. The number of hydrogen-bond donors (Lipinski definition) is 0. The van der Waals surface area contributed by atoms with E-state index in [1.165, 1.54) is 36.5 Å². The van der Waals surface area contributed by atoms with E-state index in [1.807, 2.05) is 13.8 Å². The van der Waals surface area contributed by atoms with Crippen molar-refractivity contribution in [3.8, 4) is 0 Å². The molecule has 6 heteroatoms. The molecule has 1 saturated heterocycles. The summed E-state index contributed by atoms with van der Waals surface area (Å²) in [5, 5.41) is 0. The van der Waals surface area contributed by atoms with Crippen LogP contribution >= 0.6 is 0 Å². The van der Waals surface area contributed by atoms with Crippen molar-refractivity contribution < 1.29 is 17.8 Å². The molecule has 1 heterocycles. The van der Waals surface area contributed by atoms with Gasteiger partial charge in [0.2, 0.25) is 0 Å². The monoisotopic (exact) mass is 372 g/mol. The fourth-order valence-electron chi connectivity index (χ4n) is 2.61. The van der Waals surface area contributed by atoms with Crippen LogP contribution < -0.4 is 0 Å². The Labute approximate surface area is 149 Å². The third-order valence-electron chi connectivity index (χ3n) is 3.95. The Morgan fingerprint density at radius 1 is 1.25 bits per heavy atom. The third-order valence-corrected chi connectivity index (χ3v) is 7.59. The van der Waals surface area contributed by atoms with Crippen molar-refractivity contribution in [2.45, 2.75) is 51.9 Å². The van der Waals surface area contributed by atoms with E-state index in [2.05, 4.69) is 13.8 Å². The van der Waals surface area contributed by atoms with E-state index in [0.29, 0.717) is 22.1 Å². The van der Waals surface area contributed by atoms with Gasteiger partial charge < -0.3 is 4.55 Å². The van der Waals surface area contributed by atoms with Gasteiger partial charge in [0, 0.05) is 11.8 Å². The topological polar surface area (TPSA) is 74.3 Å². The van der Waals surface area contributed by atoms with E-state index in [-0.39, 0.29) is 4.90 Å². The van der Waals surface area contributed by atoms with E-state index >= 15 is 0 Å². The van der Waals surface area contributed by atoms with Crippen LogP contribution in [-0.2, 0) is 25.8 Å². The second-order valence-electron chi connectivity index (χ2n) is 7.03. The molecule has 24 heavy (non-hydrogen) atoms. The molecule has 1 aliphatic rings. The number of benzene rings is 1. The highest BCUT2D eigenvalue weighted by molar-refractivity contribution is 7.97. The molecule has 0 radical (unpaired) electrons. The number of Topliss-reactive ketones (excluding diaryl/α,β-unsaturated/α-hetero) is 1. The van der Waals surface area contributed by atoms with E-state index in [1.54, 1.807) is 12.1 Å². The van der Waals surface area contributed by atoms with Crippen molar-refractivity contribution in [3.05, 3.63) is 29.8 Å². The van der Waals surface area contributed by atoms with Crippen LogP contribution in [0.2, 0.25) is 0 Å². The largest absolute Gasteiger partial charge is 0.744 e. The molecule has 1 unspecified atom stereocenters. The lowest BCUT2D eigenvalue weighted by molar-refractivity contribution is -0.116. The summed E-state index contributed by atoms with van der Waals surface area (Å²) in [6, 6.07) is 5.78. The van der Waals surface area contributed by atoms with Crippen LogP contribution in [0.25, 0.3) is 0 Å². The molecule has 0 bridgehead atoms. The Kier molecular flexibility index (Phi) is 7.96. The average molecular weight is 373 g/mol. The fraction of sp³-hybridized carbons (Fsp3) is 0.611. The minimum atomic E-state index is -4.27. The smallest absolute Gasteiger partial charge is 0.181 e. The standard InChI is InChI=1S/C11H21OS.C7H8O3S/c1-4-10(12)8-13-7-5-6-11(2,3)9-13;1-6-2-4-7(5-3-6)11(8,9)10/h4-9H2,1-3H3;2-5H,1H3,(H,8,9,10)/q+1;/p-1. The zero-order valence-electron chi connectivity index (χ0n) is 15.0. The minimum absolute atomic E-state index is 0.178. The maximum atomic E-state index is 11.3. The van der Waals surface area contributed by atoms with Gasteiger partial charge in [0.15, 0.2) is 11.5 Å². The first-order valence-corrected chi connectivity index (χ1v) is 11.4. The quantitative estimate of drug-likeness (QED) is 0.600. The van der Waals surface area contributed by atoms with Crippen LogP contribution in [0, 0.1) is 12.3 Å². The normalized spacial score (nSPS) is 20.0. The predicted octanol–water partition coefficient (Wildman–Crippen LogP) is 3.30. The van der Waals surface area contributed by atoms with Gasteiger partial charge in [0.1, 0.15) is 21.6 Å². The molecule has 1 aromatic rings. The Balaban J connectivity index is 0.000000243. The summed E-state index contributed by atoms with van der Waals surface area (Å²) < 4.78 is 31.2.